The molecule has 0 saturated heterocycles. The maximum atomic E-state index is 11.9. The number of carboxylic acid groups (broad SMARTS) is 1. The van der Waals surface area contributed by atoms with Gasteiger partial charge in [-0.3, -0.25) is 4.79 Å². The van der Waals surface area contributed by atoms with Crippen molar-refractivity contribution in [2.45, 2.75) is 18.0 Å². The van der Waals surface area contributed by atoms with Crippen LogP contribution in [0, 0.1) is 0 Å². The Kier molecular flexibility index (Phi) is 4.89. The molecule has 0 bridgehead atoms. The molecule has 1 N–H and O–H groups in total. The van der Waals surface area contributed by atoms with E-state index in [1.165, 1.54) is 0 Å². The van der Waals surface area contributed by atoms with Gasteiger partial charge in [0.25, 0.3) is 0 Å². The van der Waals surface area contributed by atoms with Crippen molar-refractivity contribution in [2.75, 3.05) is 7.11 Å². The molecule has 0 saturated carbocycles. The van der Waals surface area contributed by atoms with Gasteiger partial charge >= 0.3 is 27.6 Å². The molecule has 0 radical (unpaired) electrons. The third kappa shape index (κ3) is 4.56. The Bertz CT molecular complexity index is 398. The van der Waals surface area contributed by atoms with E-state index < -0.39 is 40.1 Å². The zero-order chi connectivity index (χ0) is 13.9. The van der Waals surface area contributed by atoms with Crippen molar-refractivity contribution in [2.24, 2.45) is 0 Å². The quantitative estimate of drug-likeness (QED) is 0.424. The summed E-state index contributed by atoms with van der Waals surface area (Å²) < 4.78 is 64.1. The van der Waals surface area contributed by atoms with E-state index in [1.807, 2.05) is 0 Å². The topological polar surface area (TPSA) is 107 Å². The third-order valence-corrected chi connectivity index (χ3v) is 2.40. The van der Waals surface area contributed by atoms with Crippen LogP contribution in [-0.2, 0) is 28.6 Å². The first kappa shape index (κ1) is 15.6. The van der Waals surface area contributed by atoms with E-state index in [9.17, 15) is 31.2 Å². The van der Waals surface area contributed by atoms with E-state index in [-0.39, 0.29) is 0 Å². The molecule has 0 aromatic heterocycles. The molecule has 0 heterocycles. The van der Waals surface area contributed by atoms with Crippen molar-refractivity contribution in [1.29, 1.82) is 0 Å². The Balaban J connectivity index is 5.01. The van der Waals surface area contributed by atoms with Gasteiger partial charge in [0, 0.05) is 0 Å². The van der Waals surface area contributed by atoms with Crippen LogP contribution in [0.25, 0.3) is 0 Å². The first-order chi connectivity index (χ1) is 7.51. The van der Waals surface area contributed by atoms with Gasteiger partial charge in [-0.15, -0.1) is 0 Å². The summed E-state index contributed by atoms with van der Waals surface area (Å²) >= 11 is 0. The van der Waals surface area contributed by atoms with Gasteiger partial charge in [-0.1, -0.05) is 0 Å². The standard InChI is InChI=1S/C6H7F3O7S/c1-15-5(12)3(2-4(10)11)16-17(13,14)6(7,8)9/h3H,2H2,1H3,(H,10,11). The Morgan fingerprint density at radius 1 is 1.35 bits per heavy atom. The summed E-state index contributed by atoms with van der Waals surface area (Å²) in [5.41, 5.74) is -5.75. The van der Waals surface area contributed by atoms with Crippen LogP contribution in [-0.4, -0.2) is 44.2 Å². The van der Waals surface area contributed by atoms with E-state index in [0.29, 0.717) is 0 Å². The zero-order valence-electron chi connectivity index (χ0n) is 8.22. The first-order valence-corrected chi connectivity index (χ1v) is 5.21. The Labute approximate surface area is 93.2 Å². The number of alkyl halides is 3. The summed E-state index contributed by atoms with van der Waals surface area (Å²) in [6.07, 6.45) is -3.66. The minimum Gasteiger partial charge on any atom is -0.481 e. The molecule has 1 atom stereocenters. The molecular formula is C6H7F3O7S. The van der Waals surface area contributed by atoms with E-state index in [1.54, 1.807) is 0 Å². The van der Waals surface area contributed by atoms with Gasteiger partial charge in [-0.2, -0.15) is 21.6 Å². The lowest BCUT2D eigenvalue weighted by molar-refractivity contribution is -0.154. The van der Waals surface area contributed by atoms with E-state index in [2.05, 4.69) is 8.92 Å². The van der Waals surface area contributed by atoms with Crippen LogP contribution < -0.4 is 0 Å². The molecule has 17 heavy (non-hydrogen) atoms. The molecule has 0 aromatic carbocycles. The van der Waals surface area contributed by atoms with Crippen molar-refractivity contribution in [3.05, 3.63) is 0 Å². The van der Waals surface area contributed by atoms with Crippen LogP contribution in [0.15, 0.2) is 0 Å². The average Bonchev–Trinajstić information content (AvgIpc) is 2.12. The predicted molar refractivity (Wildman–Crippen MR) is 44.1 cm³/mol. The summed E-state index contributed by atoms with van der Waals surface area (Å²) in [6, 6.07) is 0. The minimum absolute atomic E-state index is 0.737. The summed E-state index contributed by atoms with van der Waals surface area (Å²) in [6.45, 7) is 0. The highest BCUT2D eigenvalue weighted by Crippen LogP contribution is 2.26. The van der Waals surface area contributed by atoms with Crippen molar-refractivity contribution in [1.82, 2.24) is 0 Å². The molecule has 100 valence electrons. The summed E-state index contributed by atoms with van der Waals surface area (Å²) in [5, 5.41) is 8.26. The SMILES string of the molecule is COC(=O)C(CC(=O)O)OS(=O)(=O)C(F)(F)F. The fourth-order valence-corrected chi connectivity index (χ4v) is 1.22. The molecule has 0 aliphatic heterocycles. The highest BCUT2D eigenvalue weighted by molar-refractivity contribution is 7.87. The molecule has 0 rings (SSSR count). The van der Waals surface area contributed by atoms with E-state index in [0.717, 1.165) is 7.11 Å². The number of hydrogen-bond donors (Lipinski definition) is 1. The average molecular weight is 280 g/mol. The van der Waals surface area contributed by atoms with E-state index in [4.69, 9.17) is 5.11 Å². The molecule has 0 aliphatic rings. The van der Waals surface area contributed by atoms with Crippen LogP contribution in [0.5, 0.6) is 0 Å². The van der Waals surface area contributed by atoms with Crippen LogP contribution in [0.2, 0.25) is 0 Å². The van der Waals surface area contributed by atoms with Crippen molar-refractivity contribution < 1.29 is 45.2 Å². The maximum Gasteiger partial charge on any atom is 0.523 e. The second-order valence-electron chi connectivity index (χ2n) is 2.61. The molecule has 0 aromatic rings. The van der Waals surface area contributed by atoms with Gasteiger partial charge in [-0.25, -0.2) is 8.98 Å². The van der Waals surface area contributed by atoms with Crippen LogP contribution >= 0.6 is 0 Å². The minimum atomic E-state index is -6.06. The number of hydrogen-bond acceptors (Lipinski definition) is 6. The molecule has 7 nitrogen and oxygen atoms in total. The van der Waals surface area contributed by atoms with Gasteiger partial charge in [-0.05, 0) is 0 Å². The second-order valence-corrected chi connectivity index (χ2v) is 4.17. The number of halogens is 3. The van der Waals surface area contributed by atoms with Gasteiger partial charge < -0.3 is 9.84 Å². The van der Waals surface area contributed by atoms with Crippen molar-refractivity contribution in [3.8, 4) is 0 Å². The number of ether oxygens (including phenoxy) is 1. The zero-order valence-corrected chi connectivity index (χ0v) is 9.04. The summed E-state index contributed by atoms with van der Waals surface area (Å²) in [7, 11) is -5.32. The smallest absolute Gasteiger partial charge is 0.481 e. The van der Waals surface area contributed by atoms with Crippen LogP contribution in [0.1, 0.15) is 6.42 Å². The number of carbonyl (C=O) groups excluding carboxylic acids is 1. The fourth-order valence-electron chi connectivity index (χ4n) is 0.654. The lowest BCUT2D eigenvalue weighted by atomic mass is 10.2. The highest BCUT2D eigenvalue weighted by atomic mass is 32.2. The highest BCUT2D eigenvalue weighted by Gasteiger charge is 2.50. The predicted octanol–water partition coefficient (Wildman–Crippen LogP) is -0.131. The van der Waals surface area contributed by atoms with E-state index >= 15 is 0 Å². The number of carboxylic acids is 1. The van der Waals surface area contributed by atoms with Gasteiger partial charge in [0.05, 0.1) is 13.5 Å². The molecule has 0 spiro atoms. The van der Waals surface area contributed by atoms with Crippen molar-refractivity contribution >= 4 is 22.1 Å². The number of aliphatic carboxylic acids is 1. The van der Waals surface area contributed by atoms with Crippen LogP contribution in [0.3, 0.4) is 0 Å². The molecule has 1 unspecified atom stereocenters. The molecular weight excluding hydrogens is 273 g/mol. The lowest BCUT2D eigenvalue weighted by Crippen LogP contribution is -2.36. The number of methoxy groups -OCH3 is 1. The number of rotatable bonds is 5. The second kappa shape index (κ2) is 5.31. The molecule has 0 fully saturated rings. The Morgan fingerprint density at radius 2 is 1.82 bits per heavy atom. The van der Waals surface area contributed by atoms with Gasteiger partial charge in [0.15, 0.2) is 6.10 Å². The van der Waals surface area contributed by atoms with Crippen molar-refractivity contribution in [3.63, 3.8) is 0 Å². The van der Waals surface area contributed by atoms with Gasteiger partial charge in [0.1, 0.15) is 0 Å². The Hall–Kier alpha value is -1.36. The Morgan fingerprint density at radius 3 is 2.12 bits per heavy atom. The first-order valence-electron chi connectivity index (χ1n) is 3.80. The molecule has 0 aliphatic carbocycles. The molecule has 11 heteroatoms. The maximum absolute atomic E-state index is 11.9. The summed E-state index contributed by atoms with van der Waals surface area (Å²) in [5.74, 6) is -3.27. The lowest BCUT2D eigenvalue weighted by Gasteiger charge is -2.14. The number of esters is 1. The molecule has 0 amide bonds. The van der Waals surface area contributed by atoms with Crippen LogP contribution in [0.4, 0.5) is 13.2 Å². The normalized spacial score (nSPS) is 14.1. The summed E-state index contributed by atoms with van der Waals surface area (Å²) in [4.78, 5) is 21.0. The largest absolute Gasteiger partial charge is 0.523 e. The monoisotopic (exact) mass is 280 g/mol. The van der Waals surface area contributed by atoms with Gasteiger partial charge in [0.2, 0.25) is 0 Å². The third-order valence-electron chi connectivity index (χ3n) is 1.35. The fraction of sp³-hybridized carbons (Fsp3) is 0.667. The number of carbonyl (C=O) groups is 2.